The molecule has 1 aromatic rings. The molecule has 0 amide bonds. The first-order valence-electron chi connectivity index (χ1n) is 11.8. The standard InChI is InChI=1S/C22H34N2O2.C4H4O4/c1-15(2)16-6-7-18-17(12-16)13-19(25)20-21(3,14-24-26-11-10-23)8-5-9-22(18,20)4;5-3(6)1-2-4(7)8/h6-7,12,14-15,19-20,25H,5,8-11,13,23H2,1-4H3;1-2H,(H,5,6)(H,7,8)/b;2-1+/t19?,20?,21-,22-;/m1./s1. The van der Waals surface area contributed by atoms with Gasteiger partial charge in [-0.05, 0) is 47.3 Å². The van der Waals surface area contributed by atoms with E-state index in [9.17, 15) is 14.7 Å². The van der Waals surface area contributed by atoms with Crippen LogP contribution in [0, 0.1) is 11.3 Å². The highest BCUT2D eigenvalue weighted by molar-refractivity contribution is 5.89. The van der Waals surface area contributed by atoms with Gasteiger partial charge in [-0.1, -0.05) is 57.5 Å². The van der Waals surface area contributed by atoms with E-state index in [1.807, 2.05) is 6.21 Å². The fourth-order valence-corrected chi connectivity index (χ4v) is 5.63. The molecule has 3 rings (SSSR count). The lowest BCUT2D eigenvalue weighted by Crippen LogP contribution is -2.56. The summed E-state index contributed by atoms with van der Waals surface area (Å²) in [5, 5.41) is 31.0. The number of hydrogen-bond acceptors (Lipinski definition) is 6. The van der Waals surface area contributed by atoms with Crippen molar-refractivity contribution >= 4 is 18.2 Å². The summed E-state index contributed by atoms with van der Waals surface area (Å²) < 4.78 is 0. The lowest BCUT2D eigenvalue weighted by Gasteiger charge is -2.56. The van der Waals surface area contributed by atoms with Gasteiger partial charge in [0.05, 0.1) is 12.3 Å². The van der Waals surface area contributed by atoms with Gasteiger partial charge in [0.2, 0.25) is 0 Å². The van der Waals surface area contributed by atoms with E-state index in [0.29, 0.717) is 31.2 Å². The molecule has 8 nitrogen and oxygen atoms in total. The van der Waals surface area contributed by atoms with Crippen LogP contribution in [-0.2, 0) is 26.3 Å². The zero-order chi connectivity index (χ0) is 25.5. The normalized spacial score (nSPS) is 28.2. The summed E-state index contributed by atoms with van der Waals surface area (Å²) in [6.45, 7) is 9.89. The third kappa shape index (κ3) is 6.45. The van der Waals surface area contributed by atoms with Crippen molar-refractivity contribution in [2.75, 3.05) is 13.2 Å². The number of oxime groups is 1. The monoisotopic (exact) mass is 474 g/mol. The van der Waals surface area contributed by atoms with E-state index < -0.39 is 11.9 Å². The Morgan fingerprint density at radius 1 is 1.21 bits per heavy atom. The van der Waals surface area contributed by atoms with E-state index in [-0.39, 0.29) is 22.9 Å². The average Bonchev–Trinajstić information content (AvgIpc) is 2.75. The maximum atomic E-state index is 11.2. The van der Waals surface area contributed by atoms with Crippen LogP contribution in [0.25, 0.3) is 0 Å². The number of carbonyl (C=O) groups is 2. The van der Waals surface area contributed by atoms with Crippen LogP contribution in [0.15, 0.2) is 35.5 Å². The average molecular weight is 475 g/mol. The van der Waals surface area contributed by atoms with Crippen molar-refractivity contribution in [2.24, 2.45) is 22.2 Å². The Labute approximate surface area is 201 Å². The van der Waals surface area contributed by atoms with E-state index >= 15 is 0 Å². The van der Waals surface area contributed by atoms with Crippen LogP contribution in [0.2, 0.25) is 0 Å². The highest BCUT2D eigenvalue weighted by Gasteiger charge is 2.55. The first-order valence-corrected chi connectivity index (χ1v) is 11.8. The third-order valence-corrected chi connectivity index (χ3v) is 7.03. The van der Waals surface area contributed by atoms with Gasteiger partial charge in [0, 0.05) is 30.0 Å². The van der Waals surface area contributed by atoms with Crippen LogP contribution in [0.4, 0.5) is 0 Å². The molecule has 34 heavy (non-hydrogen) atoms. The van der Waals surface area contributed by atoms with E-state index in [1.165, 1.54) is 16.7 Å². The Balaban J connectivity index is 0.000000440. The molecule has 0 spiro atoms. The number of benzene rings is 1. The Bertz CT molecular complexity index is 912. The third-order valence-electron chi connectivity index (χ3n) is 7.03. The van der Waals surface area contributed by atoms with Gasteiger partial charge < -0.3 is 25.9 Å². The molecule has 0 aromatic heterocycles. The van der Waals surface area contributed by atoms with Gasteiger partial charge in [-0.2, -0.15) is 0 Å². The Morgan fingerprint density at radius 3 is 2.41 bits per heavy atom. The number of aliphatic hydroxyl groups excluding tert-OH is 1. The molecule has 2 aliphatic rings. The lowest BCUT2D eigenvalue weighted by atomic mass is 9.49. The van der Waals surface area contributed by atoms with Crippen molar-refractivity contribution in [2.45, 2.75) is 70.8 Å². The van der Waals surface area contributed by atoms with Crippen LogP contribution in [0.5, 0.6) is 0 Å². The van der Waals surface area contributed by atoms with Crippen LogP contribution >= 0.6 is 0 Å². The molecule has 0 aliphatic heterocycles. The number of nitrogens with zero attached hydrogens (tertiary/aromatic N) is 1. The van der Waals surface area contributed by atoms with Crippen molar-refractivity contribution in [3.63, 3.8) is 0 Å². The molecule has 2 unspecified atom stereocenters. The lowest BCUT2D eigenvalue weighted by molar-refractivity contribution is -0.134. The Hall–Kier alpha value is -2.71. The molecular formula is C26H38N2O6. The van der Waals surface area contributed by atoms with Crippen molar-refractivity contribution in [3.05, 3.63) is 47.0 Å². The highest BCUT2D eigenvalue weighted by Crippen LogP contribution is 2.56. The Kier molecular flexibility index (Phi) is 9.41. The van der Waals surface area contributed by atoms with E-state index in [4.69, 9.17) is 20.8 Å². The topological polar surface area (TPSA) is 142 Å². The predicted molar refractivity (Wildman–Crippen MR) is 131 cm³/mol. The van der Waals surface area contributed by atoms with Crippen molar-refractivity contribution in [3.8, 4) is 0 Å². The van der Waals surface area contributed by atoms with Gasteiger partial charge in [0.15, 0.2) is 0 Å². The fourth-order valence-electron chi connectivity index (χ4n) is 5.63. The molecule has 0 saturated heterocycles. The van der Waals surface area contributed by atoms with Crippen molar-refractivity contribution in [1.82, 2.24) is 0 Å². The second-order valence-electron chi connectivity index (χ2n) is 9.96. The number of hydrogen-bond donors (Lipinski definition) is 4. The van der Waals surface area contributed by atoms with Gasteiger partial charge in [-0.25, -0.2) is 9.59 Å². The van der Waals surface area contributed by atoms with Gasteiger partial charge in [0.25, 0.3) is 0 Å². The van der Waals surface area contributed by atoms with Crippen molar-refractivity contribution < 1.29 is 29.7 Å². The fraction of sp³-hybridized carbons (Fsp3) is 0.577. The summed E-state index contributed by atoms with van der Waals surface area (Å²) in [6.07, 6.45) is 6.68. The molecule has 5 N–H and O–H groups in total. The van der Waals surface area contributed by atoms with E-state index in [2.05, 4.69) is 51.0 Å². The number of nitrogens with two attached hydrogens (primary N) is 1. The van der Waals surface area contributed by atoms with Crippen LogP contribution in [0.3, 0.4) is 0 Å². The van der Waals surface area contributed by atoms with Crippen LogP contribution < -0.4 is 5.73 Å². The van der Waals surface area contributed by atoms with E-state index in [0.717, 1.165) is 25.7 Å². The summed E-state index contributed by atoms with van der Waals surface area (Å²) in [7, 11) is 0. The molecule has 1 fully saturated rings. The molecule has 0 bridgehead atoms. The predicted octanol–water partition coefficient (Wildman–Crippen LogP) is 3.46. The van der Waals surface area contributed by atoms with Crippen molar-refractivity contribution in [1.29, 1.82) is 0 Å². The summed E-state index contributed by atoms with van der Waals surface area (Å²) in [5.41, 5.74) is 9.37. The second kappa shape index (κ2) is 11.6. The van der Waals surface area contributed by atoms with Crippen LogP contribution in [-0.4, -0.2) is 52.7 Å². The summed E-state index contributed by atoms with van der Waals surface area (Å²) >= 11 is 0. The number of carboxylic acids is 2. The maximum absolute atomic E-state index is 11.2. The number of carboxylic acid groups (broad SMARTS) is 2. The molecule has 188 valence electrons. The van der Waals surface area contributed by atoms with Gasteiger partial charge >= 0.3 is 11.9 Å². The Morgan fingerprint density at radius 2 is 1.85 bits per heavy atom. The molecule has 1 saturated carbocycles. The molecule has 2 aliphatic carbocycles. The minimum atomic E-state index is -1.26. The maximum Gasteiger partial charge on any atom is 0.328 e. The van der Waals surface area contributed by atoms with Gasteiger partial charge in [0.1, 0.15) is 6.61 Å². The van der Waals surface area contributed by atoms with E-state index in [1.54, 1.807) is 0 Å². The molecule has 4 atom stereocenters. The quantitative estimate of drug-likeness (QED) is 0.205. The first kappa shape index (κ1) is 27.5. The minimum absolute atomic E-state index is 0.0323. The molecule has 1 aromatic carbocycles. The highest BCUT2D eigenvalue weighted by atomic mass is 16.6. The minimum Gasteiger partial charge on any atom is -0.478 e. The molecule has 0 radical (unpaired) electrons. The second-order valence-corrected chi connectivity index (χ2v) is 9.96. The summed E-state index contributed by atoms with van der Waals surface area (Å²) in [4.78, 5) is 24.4. The zero-order valence-electron chi connectivity index (χ0n) is 20.5. The van der Waals surface area contributed by atoms with Crippen LogP contribution in [0.1, 0.15) is 69.6 Å². The largest absolute Gasteiger partial charge is 0.478 e. The number of rotatable bonds is 7. The molecule has 0 heterocycles. The summed E-state index contributed by atoms with van der Waals surface area (Å²) in [6, 6.07) is 6.90. The molecule has 8 heteroatoms. The number of aliphatic hydroxyl groups is 1. The number of fused-ring (bicyclic) bond motifs is 3. The van der Waals surface area contributed by atoms with Gasteiger partial charge in [-0.3, -0.25) is 0 Å². The van der Waals surface area contributed by atoms with Gasteiger partial charge in [-0.15, -0.1) is 0 Å². The smallest absolute Gasteiger partial charge is 0.328 e. The molecular weight excluding hydrogens is 436 g/mol. The summed E-state index contributed by atoms with van der Waals surface area (Å²) in [5.74, 6) is -1.86. The first-order chi connectivity index (χ1) is 15.9. The SMILES string of the molecule is CC(C)c1ccc2c(c1)CC(O)C1[C@@](C)(C=NOCCN)CCC[C@]21C.O=C(O)/C=C/C(=O)O. The zero-order valence-corrected chi connectivity index (χ0v) is 20.5. The number of aliphatic carboxylic acids is 2.